The summed E-state index contributed by atoms with van der Waals surface area (Å²) in [5.41, 5.74) is 0.172. The molecule has 3 N–H and O–H groups in total. The van der Waals surface area contributed by atoms with Gasteiger partial charge in [0.25, 0.3) is 0 Å². The highest BCUT2D eigenvalue weighted by atomic mass is 19.1. The summed E-state index contributed by atoms with van der Waals surface area (Å²) in [6.07, 6.45) is 0. The van der Waals surface area contributed by atoms with E-state index in [0.717, 1.165) is 18.2 Å². The second-order valence-electron chi connectivity index (χ2n) is 3.55. The van der Waals surface area contributed by atoms with E-state index in [1.165, 1.54) is 7.05 Å². The topological polar surface area (TPSA) is 61.4 Å². The molecule has 4 nitrogen and oxygen atoms in total. The molecule has 0 saturated carbocycles. The van der Waals surface area contributed by atoms with Gasteiger partial charge in [0, 0.05) is 18.7 Å². The van der Waals surface area contributed by atoms with Crippen molar-refractivity contribution >= 4 is 5.97 Å². The van der Waals surface area contributed by atoms with E-state index in [0.29, 0.717) is 0 Å². The quantitative estimate of drug-likeness (QED) is 0.690. The van der Waals surface area contributed by atoms with Crippen molar-refractivity contribution in [1.82, 2.24) is 10.6 Å². The molecule has 1 aromatic carbocycles. The highest BCUT2D eigenvalue weighted by molar-refractivity contribution is 5.73. The van der Waals surface area contributed by atoms with E-state index in [4.69, 9.17) is 5.11 Å². The van der Waals surface area contributed by atoms with Gasteiger partial charge in [0.1, 0.15) is 17.7 Å². The molecule has 0 aliphatic heterocycles. The standard InChI is InChI=1S/C11H14F2N2O2/c1-14-10(11(16)17)6-15-5-7-4-8(12)2-3-9(7)13/h2-4,10,14-15H,5-6H2,1H3,(H,16,17). The predicted molar refractivity (Wildman–Crippen MR) is 58.5 cm³/mol. The van der Waals surface area contributed by atoms with Crippen LogP contribution in [0.2, 0.25) is 0 Å². The van der Waals surface area contributed by atoms with Crippen LogP contribution < -0.4 is 10.6 Å². The molecule has 0 heterocycles. The zero-order chi connectivity index (χ0) is 12.8. The molecular weight excluding hydrogens is 230 g/mol. The summed E-state index contributed by atoms with van der Waals surface area (Å²) >= 11 is 0. The zero-order valence-corrected chi connectivity index (χ0v) is 9.34. The van der Waals surface area contributed by atoms with Crippen molar-refractivity contribution in [2.75, 3.05) is 13.6 Å². The monoisotopic (exact) mass is 244 g/mol. The lowest BCUT2D eigenvalue weighted by Gasteiger charge is -2.12. The highest BCUT2D eigenvalue weighted by Crippen LogP contribution is 2.08. The molecule has 0 radical (unpaired) electrons. The molecule has 94 valence electrons. The minimum atomic E-state index is -1.00. The molecule has 6 heteroatoms. The van der Waals surface area contributed by atoms with Gasteiger partial charge in [-0.2, -0.15) is 0 Å². The fourth-order valence-electron chi connectivity index (χ4n) is 1.34. The number of carboxylic acid groups (broad SMARTS) is 1. The van der Waals surface area contributed by atoms with Crippen LogP contribution in [-0.4, -0.2) is 30.7 Å². The molecule has 0 aromatic heterocycles. The van der Waals surface area contributed by atoms with Gasteiger partial charge in [0.2, 0.25) is 0 Å². The fourth-order valence-corrected chi connectivity index (χ4v) is 1.34. The Labute approximate surface area is 97.6 Å². The van der Waals surface area contributed by atoms with Crippen LogP contribution in [0.4, 0.5) is 8.78 Å². The predicted octanol–water partition coefficient (Wildman–Crippen LogP) is 0.727. The van der Waals surface area contributed by atoms with Gasteiger partial charge in [-0.05, 0) is 25.2 Å². The van der Waals surface area contributed by atoms with E-state index >= 15 is 0 Å². The van der Waals surface area contributed by atoms with Crippen molar-refractivity contribution in [3.63, 3.8) is 0 Å². The number of rotatable bonds is 6. The summed E-state index contributed by atoms with van der Waals surface area (Å²) in [4.78, 5) is 10.7. The van der Waals surface area contributed by atoms with E-state index in [1.54, 1.807) is 0 Å². The van der Waals surface area contributed by atoms with Crippen LogP contribution in [0.1, 0.15) is 5.56 Å². The summed E-state index contributed by atoms with van der Waals surface area (Å²) in [5.74, 6) is -2.04. The molecule has 0 fully saturated rings. The molecule has 0 saturated heterocycles. The summed E-state index contributed by atoms with van der Waals surface area (Å²) < 4.78 is 26.0. The van der Waals surface area contributed by atoms with Crippen molar-refractivity contribution in [3.8, 4) is 0 Å². The maximum Gasteiger partial charge on any atom is 0.322 e. The zero-order valence-electron chi connectivity index (χ0n) is 9.34. The fraction of sp³-hybridized carbons (Fsp3) is 0.364. The van der Waals surface area contributed by atoms with Gasteiger partial charge < -0.3 is 15.7 Å². The van der Waals surface area contributed by atoms with Crippen molar-refractivity contribution < 1.29 is 18.7 Å². The highest BCUT2D eigenvalue weighted by Gasteiger charge is 2.14. The Balaban J connectivity index is 2.50. The van der Waals surface area contributed by atoms with Gasteiger partial charge >= 0.3 is 5.97 Å². The summed E-state index contributed by atoms with van der Waals surface area (Å²) in [6, 6.07) is 2.40. The van der Waals surface area contributed by atoms with Gasteiger partial charge in [-0.3, -0.25) is 4.79 Å². The van der Waals surface area contributed by atoms with Crippen LogP contribution in [-0.2, 0) is 11.3 Å². The summed E-state index contributed by atoms with van der Waals surface area (Å²) in [5, 5.41) is 14.1. The number of benzene rings is 1. The van der Waals surface area contributed by atoms with E-state index in [9.17, 15) is 13.6 Å². The van der Waals surface area contributed by atoms with E-state index in [1.807, 2.05) is 0 Å². The minimum absolute atomic E-state index is 0.0784. The van der Waals surface area contributed by atoms with E-state index in [-0.39, 0.29) is 18.7 Å². The molecule has 0 aliphatic carbocycles. The number of carboxylic acids is 1. The Hall–Kier alpha value is -1.53. The smallest absolute Gasteiger partial charge is 0.322 e. The third-order valence-electron chi connectivity index (χ3n) is 2.32. The van der Waals surface area contributed by atoms with Crippen LogP contribution in [0.5, 0.6) is 0 Å². The van der Waals surface area contributed by atoms with Gasteiger partial charge in [0.15, 0.2) is 0 Å². The first-order chi connectivity index (χ1) is 8.04. The van der Waals surface area contributed by atoms with Gasteiger partial charge in [0.05, 0.1) is 0 Å². The third-order valence-corrected chi connectivity index (χ3v) is 2.32. The number of nitrogens with one attached hydrogen (secondary N) is 2. The first-order valence-corrected chi connectivity index (χ1v) is 5.09. The average Bonchev–Trinajstić information content (AvgIpc) is 2.28. The van der Waals surface area contributed by atoms with Crippen molar-refractivity contribution in [2.24, 2.45) is 0 Å². The van der Waals surface area contributed by atoms with Gasteiger partial charge in [-0.15, -0.1) is 0 Å². The lowest BCUT2D eigenvalue weighted by atomic mass is 10.2. The number of halogens is 2. The number of aliphatic carboxylic acids is 1. The molecule has 0 spiro atoms. The number of carbonyl (C=O) groups is 1. The third kappa shape index (κ3) is 4.08. The lowest BCUT2D eigenvalue weighted by Crippen LogP contribution is -2.42. The molecule has 0 amide bonds. The van der Waals surface area contributed by atoms with Crippen molar-refractivity contribution in [3.05, 3.63) is 35.4 Å². The molecule has 1 rings (SSSR count). The molecule has 17 heavy (non-hydrogen) atoms. The van der Waals surface area contributed by atoms with Gasteiger partial charge in [-0.1, -0.05) is 0 Å². The first kappa shape index (κ1) is 13.5. The Morgan fingerprint density at radius 2 is 2.18 bits per heavy atom. The normalized spacial score (nSPS) is 12.4. The summed E-state index contributed by atoms with van der Waals surface area (Å²) in [7, 11) is 1.52. The SMILES string of the molecule is CNC(CNCc1cc(F)ccc1F)C(=O)O. The Morgan fingerprint density at radius 3 is 2.76 bits per heavy atom. The maximum absolute atomic E-state index is 13.2. The van der Waals surface area contributed by atoms with Crippen molar-refractivity contribution in [2.45, 2.75) is 12.6 Å². The second kappa shape index (κ2) is 6.27. The Bertz CT molecular complexity index is 399. The van der Waals surface area contributed by atoms with Crippen LogP contribution in [0.3, 0.4) is 0 Å². The molecule has 1 unspecified atom stereocenters. The Morgan fingerprint density at radius 1 is 1.47 bits per heavy atom. The van der Waals surface area contributed by atoms with Crippen LogP contribution in [0, 0.1) is 11.6 Å². The van der Waals surface area contributed by atoms with E-state index < -0.39 is 23.6 Å². The van der Waals surface area contributed by atoms with Crippen molar-refractivity contribution in [1.29, 1.82) is 0 Å². The number of hydrogen-bond donors (Lipinski definition) is 3. The number of hydrogen-bond acceptors (Lipinski definition) is 3. The molecule has 0 bridgehead atoms. The molecular formula is C11H14F2N2O2. The number of likely N-dealkylation sites (N-methyl/N-ethyl adjacent to an activating group) is 1. The van der Waals surface area contributed by atoms with E-state index in [2.05, 4.69) is 10.6 Å². The largest absolute Gasteiger partial charge is 0.480 e. The Kier molecular flexibility index (Phi) is 4.99. The molecule has 1 aromatic rings. The molecule has 0 aliphatic rings. The van der Waals surface area contributed by atoms with Crippen LogP contribution >= 0.6 is 0 Å². The first-order valence-electron chi connectivity index (χ1n) is 5.09. The maximum atomic E-state index is 13.2. The summed E-state index contributed by atoms with van der Waals surface area (Å²) in [6.45, 7) is 0.205. The average molecular weight is 244 g/mol. The molecule has 1 atom stereocenters. The van der Waals surface area contributed by atoms with Crippen LogP contribution in [0.15, 0.2) is 18.2 Å². The minimum Gasteiger partial charge on any atom is -0.480 e. The van der Waals surface area contributed by atoms with Gasteiger partial charge in [-0.25, -0.2) is 8.78 Å². The van der Waals surface area contributed by atoms with Crippen LogP contribution in [0.25, 0.3) is 0 Å². The lowest BCUT2D eigenvalue weighted by molar-refractivity contribution is -0.139. The second-order valence-corrected chi connectivity index (χ2v) is 3.55.